The molecule has 0 saturated carbocycles. The summed E-state index contributed by atoms with van der Waals surface area (Å²) in [6.07, 6.45) is 0. The molecule has 0 aliphatic carbocycles. The molecule has 3 aromatic rings. The van der Waals surface area contributed by atoms with Crippen molar-refractivity contribution in [2.24, 2.45) is 0 Å². The average molecular weight is 434 g/mol. The van der Waals surface area contributed by atoms with E-state index >= 15 is 0 Å². The van der Waals surface area contributed by atoms with Gasteiger partial charge in [0.1, 0.15) is 11.6 Å². The zero-order valence-corrected chi connectivity index (χ0v) is 17.7. The molecular formula is C20H21F2N4O3P. The number of nitriles is 1. The maximum Gasteiger partial charge on any atom is 0.361 e. The van der Waals surface area contributed by atoms with Crippen LogP contribution in [0.5, 0.6) is 0 Å². The van der Waals surface area contributed by atoms with E-state index in [9.17, 15) is 13.3 Å². The van der Waals surface area contributed by atoms with Crippen LogP contribution in [0.3, 0.4) is 0 Å². The van der Waals surface area contributed by atoms with E-state index in [4.69, 9.17) is 14.3 Å². The summed E-state index contributed by atoms with van der Waals surface area (Å²) in [4.78, 5) is 4.37. The molecule has 2 aromatic carbocycles. The molecule has 0 fully saturated rings. The highest BCUT2D eigenvalue weighted by Crippen LogP contribution is 2.47. The summed E-state index contributed by atoms with van der Waals surface area (Å²) in [5.74, 6) is -1.36. The minimum absolute atomic E-state index is 0.0690. The van der Waals surface area contributed by atoms with E-state index in [0.29, 0.717) is 22.5 Å². The van der Waals surface area contributed by atoms with Crippen LogP contribution in [-0.4, -0.2) is 29.8 Å². The number of nitrogens with zero attached hydrogens (tertiary/aromatic N) is 3. The molecule has 0 aliphatic rings. The van der Waals surface area contributed by atoms with Gasteiger partial charge in [0.2, 0.25) is 5.95 Å². The fraction of sp³-hybridized carbons (Fsp3) is 0.300. The largest absolute Gasteiger partial charge is 0.361 e. The summed E-state index contributed by atoms with van der Waals surface area (Å²) in [5, 5.41) is 11.8. The maximum absolute atomic E-state index is 14.9. The molecule has 1 heterocycles. The molecule has 0 radical (unpaired) electrons. The average Bonchev–Trinajstić information content (AvgIpc) is 3.07. The smallest absolute Gasteiger partial charge is 0.359 e. The Morgan fingerprint density at radius 1 is 1.17 bits per heavy atom. The van der Waals surface area contributed by atoms with Crippen LogP contribution in [0.1, 0.15) is 25.0 Å². The first-order valence-corrected chi connectivity index (χ1v) is 10.9. The number of halogens is 2. The van der Waals surface area contributed by atoms with Gasteiger partial charge in [-0.05, 0) is 44.2 Å². The zero-order chi connectivity index (χ0) is 21.9. The lowest BCUT2D eigenvalue weighted by molar-refractivity contribution is 0.229. The molecule has 0 atom stereocenters. The SMILES string of the molecule is CCOP(=O)(OCC)c1cc(F)c(Cn2c(NC)nc3cc(C#N)ccc32)c(F)c1. The molecular weight excluding hydrogens is 413 g/mol. The van der Waals surface area contributed by atoms with Crippen molar-refractivity contribution in [1.29, 1.82) is 5.26 Å². The van der Waals surface area contributed by atoms with Gasteiger partial charge in [-0.25, -0.2) is 13.8 Å². The zero-order valence-electron chi connectivity index (χ0n) is 16.8. The minimum atomic E-state index is -3.82. The number of nitrogens with one attached hydrogen (secondary N) is 1. The number of fused-ring (bicyclic) bond motifs is 1. The first kappa shape index (κ1) is 21.9. The number of aromatic nitrogens is 2. The molecule has 30 heavy (non-hydrogen) atoms. The van der Waals surface area contributed by atoms with Crippen molar-refractivity contribution >= 4 is 29.9 Å². The predicted molar refractivity (Wildman–Crippen MR) is 110 cm³/mol. The lowest BCUT2D eigenvalue weighted by atomic mass is 10.2. The van der Waals surface area contributed by atoms with E-state index in [2.05, 4.69) is 10.3 Å². The highest BCUT2D eigenvalue weighted by Gasteiger charge is 2.29. The van der Waals surface area contributed by atoms with Crippen LogP contribution in [-0.2, 0) is 20.2 Å². The van der Waals surface area contributed by atoms with Crippen molar-refractivity contribution in [3.05, 3.63) is 53.1 Å². The third kappa shape index (κ3) is 4.08. The standard InChI is InChI=1S/C20H21F2N4O3P/c1-4-28-30(27,29-5-2)14-9-16(21)15(17(22)10-14)12-26-19-7-6-13(11-23)8-18(19)25-20(26)24-3/h6-10H,4-5,12H2,1-3H3,(H,24,25). The van der Waals surface area contributed by atoms with Gasteiger partial charge in [-0.15, -0.1) is 0 Å². The van der Waals surface area contributed by atoms with E-state index in [1.54, 1.807) is 43.7 Å². The van der Waals surface area contributed by atoms with E-state index in [-0.39, 0.29) is 30.6 Å². The third-order valence-corrected chi connectivity index (χ3v) is 6.54. The number of benzene rings is 2. The molecule has 0 aliphatic heterocycles. The maximum atomic E-state index is 14.9. The van der Waals surface area contributed by atoms with Gasteiger partial charge in [-0.2, -0.15) is 5.26 Å². The topological polar surface area (TPSA) is 89.2 Å². The van der Waals surface area contributed by atoms with Gasteiger partial charge in [-0.3, -0.25) is 4.57 Å². The van der Waals surface area contributed by atoms with Crippen LogP contribution < -0.4 is 10.6 Å². The van der Waals surface area contributed by atoms with Gasteiger partial charge in [0.25, 0.3) is 0 Å². The Labute approximate surface area is 172 Å². The molecule has 0 unspecified atom stereocenters. The van der Waals surface area contributed by atoms with Gasteiger partial charge in [-0.1, -0.05) is 0 Å². The van der Waals surface area contributed by atoms with Crippen LogP contribution in [0.2, 0.25) is 0 Å². The second-order valence-corrected chi connectivity index (χ2v) is 8.34. The van der Waals surface area contributed by atoms with Crippen LogP contribution in [0, 0.1) is 23.0 Å². The molecule has 0 amide bonds. The lowest BCUT2D eigenvalue weighted by Crippen LogP contribution is -2.16. The van der Waals surface area contributed by atoms with E-state index in [1.165, 1.54) is 0 Å². The van der Waals surface area contributed by atoms with Gasteiger partial charge >= 0.3 is 7.60 Å². The summed E-state index contributed by atoms with van der Waals surface area (Å²) in [6, 6.07) is 8.88. The Morgan fingerprint density at radius 2 is 1.80 bits per heavy atom. The van der Waals surface area contributed by atoms with Crippen molar-refractivity contribution in [2.45, 2.75) is 20.4 Å². The fourth-order valence-electron chi connectivity index (χ4n) is 3.13. The number of hydrogen-bond donors (Lipinski definition) is 1. The quantitative estimate of drug-likeness (QED) is 0.536. The predicted octanol–water partition coefficient (Wildman–Crippen LogP) is 4.17. The molecule has 0 spiro atoms. The Kier molecular flexibility index (Phi) is 6.52. The molecule has 0 bridgehead atoms. The number of imidazole rings is 1. The monoisotopic (exact) mass is 434 g/mol. The third-order valence-electron chi connectivity index (χ3n) is 4.46. The first-order chi connectivity index (χ1) is 14.4. The first-order valence-electron chi connectivity index (χ1n) is 9.32. The van der Waals surface area contributed by atoms with Crippen LogP contribution in [0.4, 0.5) is 14.7 Å². The van der Waals surface area contributed by atoms with Gasteiger partial charge in [0.15, 0.2) is 0 Å². The molecule has 10 heteroatoms. The molecule has 1 aromatic heterocycles. The summed E-state index contributed by atoms with van der Waals surface area (Å²) in [7, 11) is -2.18. The Bertz CT molecular complexity index is 1140. The summed E-state index contributed by atoms with van der Waals surface area (Å²) < 4.78 is 54.6. The van der Waals surface area contributed by atoms with Gasteiger partial charge in [0.05, 0.1) is 47.7 Å². The Balaban J connectivity index is 2.06. The number of rotatable bonds is 8. The van der Waals surface area contributed by atoms with Crippen LogP contribution in [0.15, 0.2) is 30.3 Å². The summed E-state index contributed by atoms with van der Waals surface area (Å²) in [5.41, 5.74) is 1.33. The minimum Gasteiger partial charge on any atom is -0.359 e. The van der Waals surface area contributed by atoms with Crippen molar-refractivity contribution in [1.82, 2.24) is 9.55 Å². The highest BCUT2D eigenvalue weighted by molar-refractivity contribution is 7.62. The second-order valence-electron chi connectivity index (χ2n) is 6.31. The summed E-state index contributed by atoms with van der Waals surface area (Å²) in [6.45, 7) is 3.21. The Hall–Kier alpha value is -2.79. The number of hydrogen-bond acceptors (Lipinski definition) is 6. The van der Waals surface area contributed by atoms with Gasteiger partial charge in [0, 0.05) is 12.6 Å². The molecule has 0 saturated heterocycles. The second kappa shape index (κ2) is 8.92. The fourth-order valence-corrected chi connectivity index (χ4v) is 4.73. The molecule has 7 nitrogen and oxygen atoms in total. The normalized spacial score (nSPS) is 11.6. The van der Waals surface area contributed by atoms with Crippen LogP contribution in [0.25, 0.3) is 11.0 Å². The summed E-state index contributed by atoms with van der Waals surface area (Å²) >= 11 is 0. The van der Waals surface area contributed by atoms with E-state index in [1.807, 2.05) is 6.07 Å². The van der Waals surface area contributed by atoms with Crippen molar-refractivity contribution < 1.29 is 22.4 Å². The number of anilines is 1. The molecule has 3 rings (SSSR count). The Morgan fingerprint density at radius 3 is 2.33 bits per heavy atom. The van der Waals surface area contributed by atoms with E-state index in [0.717, 1.165) is 12.1 Å². The molecule has 1 N–H and O–H groups in total. The van der Waals surface area contributed by atoms with E-state index < -0.39 is 19.2 Å². The molecule has 158 valence electrons. The van der Waals surface area contributed by atoms with Crippen molar-refractivity contribution in [3.63, 3.8) is 0 Å². The van der Waals surface area contributed by atoms with Crippen molar-refractivity contribution in [2.75, 3.05) is 25.6 Å². The van der Waals surface area contributed by atoms with Crippen molar-refractivity contribution in [3.8, 4) is 6.07 Å². The van der Waals surface area contributed by atoms with Gasteiger partial charge < -0.3 is 18.9 Å². The highest BCUT2D eigenvalue weighted by atomic mass is 31.2. The van der Waals surface area contributed by atoms with Crippen LogP contribution >= 0.6 is 7.60 Å². The lowest BCUT2D eigenvalue weighted by Gasteiger charge is -2.18.